The molecule has 0 radical (unpaired) electrons. The van der Waals surface area contributed by atoms with E-state index in [0.717, 1.165) is 24.2 Å². The number of amides is 2. The first kappa shape index (κ1) is 20.8. The number of hydrogen-bond donors (Lipinski definition) is 1. The first-order valence-corrected chi connectivity index (χ1v) is 10.7. The highest BCUT2D eigenvalue weighted by atomic mass is 35.5. The number of halogens is 2. The molecule has 6 nitrogen and oxygen atoms in total. The second kappa shape index (κ2) is 9.14. The van der Waals surface area contributed by atoms with Gasteiger partial charge in [0, 0.05) is 35.1 Å². The van der Waals surface area contributed by atoms with Gasteiger partial charge in [0.15, 0.2) is 11.5 Å². The number of fused-ring (bicyclic) bond motifs is 1. The zero-order valence-electron chi connectivity index (χ0n) is 16.3. The van der Waals surface area contributed by atoms with Crippen molar-refractivity contribution in [2.45, 2.75) is 31.8 Å². The second-order valence-electron chi connectivity index (χ2n) is 7.36. The summed E-state index contributed by atoms with van der Waals surface area (Å²) in [7, 11) is 0. The SMILES string of the molecule is O=C(NCc1ccc2c(c1)OCCCO2)C1CCCN1C(=O)c1cc(Cl)cc(Cl)c1. The van der Waals surface area contributed by atoms with Crippen LogP contribution in [0.15, 0.2) is 36.4 Å². The predicted octanol–water partition coefficient (Wildman–Crippen LogP) is 4.08. The summed E-state index contributed by atoms with van der Waals surface area (Å²) < 4.78 is 11.3. The largest absolute Gasteiger partial charge is 0.490 e. The number of hydrogen-bond acceptors (Lipinski definition) is 4. The molecule has 0 bridgehead atoms. The van der Waals surface area contributed by atoms with Gasteiger partial charge in [0.2, 0.25) is 5.91 Å². The molecule has 2 heterocycles. The van der Waals surface area contributed by atoms with Crippen LogP contribution < -0.4 is 14.8 Å². The normalized spacial score (nSPS) is 18.1. The fourth-order valence-electron chi connectivity index (χ4n) is 3.75. The molecule has 0 spiro atoms. The number of carbonyl (C=O) groups excluding carboxylic acids is 2. The maximum atomic E-state index is 12.9. The van der Waals surface area contributed by atoms with Gasteiger partial charge in [0.05, 0.1) is 13.2 Å². The van der Waals surface area contributed by atoms with Gasteiger partial charge in [0.25, 0.3) is 5.91 Å². The molecule has 1 atom stereocenters. The molecule has 2 aromatic carbocycles. The van der Waals surface area contributed by atoms with Crippen LogP contribution in [0.1, 0.15) is 35.2 Å². The van der Waals surface area contributed by atoms with Crippen LogP contribution in [-0.2, 0) is 11.3 Å². The van der Waals surface area contributed by atoms with E-state index in [0.29, 0.717) is 54.1 Å². The maximum absolute atomic E-state index is 12.9. The minimum absolute atomic E-state index is 0.180. The van der Waals surface area contributed by atoms with E-state index in [9.17, 15) is 9.59 Å². The Morgan fingerprint density at radius 2 is 1.73 bits per heavy atom. The standard InChI is InChI=1S/C22H22Cl2N2O4/c23-16-10-15(11-17(24)12-16)22(28)26-6-1-3-18(26)21(27)25-13-14-4-5-19-20(9-14)30-8-2-7-29-19/h4-5,9-12,18H,1-3,6-8,13H2,(H,25,27). The van der Waals surface area contributed by atoms with Crippen molar-refractivity contribution in [3.05, 3.63) is 57.6 Å². The third kappa shape index (κ3) is 4.65. The third-order valence-electron chi connectivity index (χ3n) is 5.20. The number of ether oxygens (including phenoxy) is 2. The van der Waals surface area contributed by atoms with E-state index in [1.807, 2.05) is 18.2 Å². The van der Waals surface area contributed by atoms with Crippen LogP contribution >= 0.6 is 23.2 Å². The van der Waals surface area contributed by atoms with Crippen LogP contribution in [0.5, 0.6) is 11.5 Å². The molecule has 2 aliphatic heterocycles. The molecule has 1 fully saturated rings. The fourth-order valence-corrected chi connectivity index (χ4v) is 4.28. The van der Waals surface area contributed by atoms with Gasteiger partial charge in [-0.15, -0.1) is 0 Å². The molecule has 158 valence electrons. The van der Waals surface area contributed by atoms with E-state index in [-0.39, 0.29) is 11.8 Å². The van der Waals surface area contributed by atoms with E-state index in [2.05, 4.69) is 5.32 Å². The van der Waals surface area contributed by atoms with Crippen LogP contribution in [0.4, 0.5) is 0 Å². The van der Waals surface area contributed by atoms with Gasteiger partial charge < -0.3 is 19.7 Å². The first-order valence-electron chi connectivity index (χ1n) is 9.94. The van der Waals surface area contributed by atoms with E-state index in [1.165, 1.54) is 0 Å². The Balaban J connectivity index is 1.41. The van der Waals surface area contributed by atoms with Crippen molar-refractivity contribution in [1.29, 1.82) is 0 Å². The number of carbonyl (C=O) groups is 2. The first-order chi connectivity index (χ1) is 14.5. The lowest BCUT2D eigenvalue weighted by atomic mass is 10.1. The molecule has 4 rings (SSSR count). The Hall–Kier alpha value is -2.44. The Bertz CT molecular complexity index is 946. The molecule has 30 heavy (non-hydrogen) atoms. The highest BCUT2D eigenvalue weighted by Crippen LogP contribution is 2.30. The number of likely N-dealkylation sites (tertiary alicyclic amines) is 1. The van der Waals surface area contributed by atoms with Crippen LogP contribution in [0.3, 0.4) is 0 Å². The second-order valence-corrected chi connectivity index (χ2v) is 8.24. The lowest BCUT2D eigenvalue weighted by molar-refractivity contribution is -0.125. The summed E-state index contributed by atoms with van der Waals surface area (Å²) in [6.45, 7) is 2.10. The van der Waals surface area contributed by atoms with Crippen molar-refractivity contribution >= 4 is 35.0 Å². The van der Waals surface area contributed by atoms with E-state index in [1.54, 1.807) is 23.1 Å². The van der Waals surface area contributed by atoms with Gasteiger partial charge in [-0.05, 0) is 48.7 Å². The average Bonchev–Trinajstić information content (AvgIpc) is 3.10. The summed E-state index contributed by atoms with van der Waals surface area (Å²) in [6, 6.07) is 9.84. The lowest BCUT2D eigenvalue weighted by Gasteiger charge is -2.24. The topological polar surface area (TPSA) is 67.9 Å². The van der Waals surface area contributed by atoms with Crippen molar-refractivity contribution in [2.24, 2.45) is 0 Å². The highest BCUT2D eigenvalue weighted by Gasteiger charge is 2.34. The molecule has 1 saturated heterocycles. The Morgan fingerprint density at radius 1 is 1.00 bits per heavy atom. The van der Waals surface area contributed by atoms with Crippen molar-refractivity contribution in [3.8, 4) is 11.5 Å². The van der Waals surface area contributed by atoms with Gasteiger partial charge in [-0.1, -0.05) is 29.3 Å². The van der Waals surface area contributed by atoms with Crippen LogP contribution in [-0.4, -0.2) is 42.5 Å². The highest BCUT2D eigenvalue weighted by molar-refractivity contribution is 6.35. The van der Waals surface area contributed by atoms with E-state index >= 15 is 0 Å². The average molecular weight is 449 g/mol. The minimum atomic E-state index is -0.518. The molecule has 8 heteroatoms. The Kier molecular flexibility index (Phi) is 6.35. The Labute approximate surface area is 185 Å². The number of nitrogens with one attached hydrogen (secondary N) is 1. The van der Waals surface area contributed by atoms with Crippen molar-refractivity contribution in [2.75, 3.05) is 19.8 Å². The fraction of sp³-hybridized carbons (Fsp3) is 0.364. The molecule has 0 saturated carbocycles. The maximum Gasteiger partial charge on any atom is 0.254 e. The number of nitrogens with zero attached hydrogens (tertiary/aromatic N) is 1. The third-order valence-corrected chi connectivity index (χ3v) is 5.64. The molecule has 2 amide bonds. The molecule has 1 N–H and O–H groups in total. The van der Waals surface area contributed by atoms with Crippen molar-refractivity contribution in [1.82, 2.24) is 10.2 Å². The monoisotopic (exact) mass is 448 g/mol. The van der Waals surface area contributed by atoms with Gasteiger partial charge in [0.1, 0.15) is 6.04 Å². The van der Waals surface area contributed by atoms with Crippen LogP contribution in [0.2, 0.25) is 10.0 Å². The van der Waals surface area contributed by atoms with E-state index < -0.39 is 6.04 Å². The quantitative estimate of drug-likeness (QED) is 0.764. The summed E-state index contributed by atoms with van der Waals surface area (Å²) in [5.41, 5.74) is 1.29. The molecule has 2 aromatic rings. The molecule has 0 aromatic heterocycles. The predicted molar refractivity (Wildman–Crippen MR) is 114 cm³/mol. The number of benzene rings is 2. The van der Waals surface area contributed by atoms with E-state index in [4.69, 9.17) is 32.7 Å². The van der Waals surface area contributed by atoms with Gasteiger partial charge in [-0.25, -0.2) is 0 Å². The molecule has 2 aliphatic rings. The smallest absolute Gasteiger partial charge is 0.254 e. The zero-order chi connectivity index (χ0) is 21.1. The van der Waals surface area contributed by atoms with Crippen LogP contribution in [0.25, 0.3) is 0 Å². The molecule has 1 unspecified atom stereocenters. The van der Waals surface area contributed by atoms with Crippen molar-refractivity contribution in [3.63, 3.8) is 0 Å². The van der Waals surface area contributed by atoms with Crippen molar-refractivity contribution < 1.29 is 19.1 Å². The lowest BCUT2D eigenvalue weighted by Crippen LogP contribution is -2.45. The van der Waals surface area contributed by atoms with Gasteiger partial charge in [-0.3, -0.25) is 9.59 Å². The summed E-state index contributed by atoms with van der Waals surface area (Å²) in [5.74, 6) is 0.985. The summed E-state index contributed by atoms with van der Waals surface area (Å²) in [6.07, 6.45) is 2.22. The van der Waals surface area contributed by atoms with Gasteiger partial charge in [-0.2, -0.15) is 0 Å². The molecule has 0 aliphatic carbocycles. The minimum Gasteiger partial charge on any atom is -0.490 e. The zero-order valence-corrected chi connectivity index (χ0v) is 17.8. The number of rotatable bonds is 4. The molecular weight excluding hydrogens is 427 g/mol. The summed E-state index contributed by atoms with van der Waals surface area (Å²) >= 11 is 12.0. The Morgan fingerprint density at radius 3 is 2.50 bits per heavy atom. The summed E-state index contributed by atoms with van der Waals surface area (Å²) in [5, 5.41) is 3.72. The summed E-state index contributed by atoms with van der Waals surface area (Å²) in [4.78, 5) is 27.3. The van der Waals surface area contributed by atoms with Gasteiger partial charge >= 0.3 is 0 Å². The van der Waals surface area contributed by atoms with Crippen LogP contribution in [0, 0.1) is 0 Å². The molecular formula is C22H22Cl2N2O4.